The largest absolute Gasteiger partial charge is 0.450 e. The number of anilines is 1. The molecule has 0 aliphatic heterocycles. The number of thiazole rings is 1. The Balaban J connectivity index is 1.69. The van der Waals surface area contributed by atoms with E-state index in [2.05, 4.69) is 21.7 Å². The molecule has 1 aliphatic rings. The Hall–Kier alpha value is -1.89. The molecule has 0 spiro atoms. The molecule has 1 heterocycles. The van der Waals surface area contributed by atoms with Crippen LogP contribution >= 0.6 is 11.3 Å². The molecule has 23 heavy (non-hydrogen) atoms. The fourth-order valence-electron chi connectivity index (χ4n) is 2.42. The van der Waals surface area contributed by atoms with E-state index in [0.717, 1.165) is 12.8 Å². The first-order valence-corrected chi connectivity index (χ1v) is 8.88. The predicted molar refractivity (Wildman–Crippen MR) is 90.6 cm³/mol. The molecule has 0 bridgehead atoms. The number of amides is 2. The van der Waals surface area contributed by atoms with Gasteiger partial charge in [-0.2, -0.15) is 0 Å². The normalized spacial score (nSPS) is 14.0. The van der Waals surface area contributed by atoms with E-state index in [0.29, 0.717) is 24.0 Å². The van der Waals surface area contributed by atoms with E-state index in [1.54, 1.807) is 12.3 Å². The van der Waals surface area contributed by atoms with Crippen molar-refractivity contribution in [1.29, 1.82) is 0 Å². The summed E-state index contributed by atoms with van der Waals surface area (Å²) in [5.41, 5.74) is 2.10. The molecule has 1 aromatic rings. The van der Waals surface area contributed by atoms with Crippen LogP contribution in [0.1, 0.15) is 44.7 Å². The van der Waals surface area contributed by atoms with Gasteiger partial charge in [0.1, 0.15) is 0 Å². The van der Waals surface area contributed by atoms with Crippen LogP contribution in [-0.4, -0.2) is 30.1 Å². The summed E-state index contributed by atoms with van der Waals surface area (Å²) in [6, 6.07) is 0. The summed E-state index contributed by atoms with van der Waals surface area (Å²) in [5, 5.41) is 7.66. The standard InChI is InChI=1S/C16H23N3O3S/c1-2-22-16(21)19-15-18-13(11-23-15)10-14(20)17-9-8-12-6-4-3-5-7-12/h6,11H,2-5,7-10H2,1H3,(H,17,20)(H,18,19,21). The van der Waals surface area contributed by atoms with Crippen LogP contribution in [0.3, 0.4) is 0 Å². The zero-order chi connectivity index (χ0) is 16.5. The maximum atomic E-state index is 11.9. The van der Waals surface area contributed by atoms with Crippen molar-refractivity contribution in [3.05, 3.63) is 22.7 Å². The second kappa shape index (κ2) is 9.29. The van der Waals surface area contributed by atoms with Gasteiger partial charge in [0, 0.05) is 11.9 Å². The van der Waals surface area contributed by atoms with Gasteiger partial charge in [0.15, 0.2) is 5.13 Å². The lowest BCUT2D eigenvalue weighted by atomic mass is 9.97. The zero-order valence-corrected chi connectivity index (χ0v) is 14.2. The van der Waals surface area contributed by atoms with E-state index in [4.69, 9.17) is 4.74 Å². The second-order valence-corrected chi connectivity index (χ2v) is 6.23. The van der Waals surface area contributed by atoms with Crippen molar-refractivity contribution in [3.8, 4) is 0 Å². The first-order valence-electron chi connectivity index (χ1n) is 8.00. The van der Waals surface area contributed by atoms with Crippen LogP contribution in [0.25, 0.3) is 0 Å². The molecule has 0 atom stereocenters. The molecule has 2 N–H and O–H groups in total. The van der Waals surface area contributed by atoms with E-state index >= 15 is 0 Å². The first kappa shape index (κ1) is 17.5. The number of nitrogens with zero attached hydrogens (tertiary/aromatic N) is 1. The summed E-state index contributed by atoms with van der Waals surface area (Å²) < 4.78 is 4.78. The van der Waals surface area contributed by atoms with E-state index in [9.17, 15) is 9.59 Å². The maximum Gasteiger partial charge on any atom is 0.413 e. The number of aromatic nitrogens is 1. The van der Waals surface area contributed by atoms with Gasteiger partial charge >= 0.3 is 6.09 Å². The number of hydrogen-bond acceptors (Lipinski definition) is 5. The van der Waals surface area contributed by atoms with Gasteiger partial charge in [-0.25, -0.2) is 9.78 Å². The average molecular weight is 337 g/mol. The SMILES string of the molecule is CCOC(=O)Nc1nc(CC(=O)NCCC2=CCCCC2)cs1. The van der Waals surface area contributed by atoms with Crippen LogP contribution in [0.4, 0.5) is 9.93 Å². The number of carbonyl (C=O) groups excluding carboxylic acids is 2. The number of nitrogens with one attached hydrogen (secondary N) is 2. The van der Waals surface area contributed by atoms with Crippen molar-refractivity contribution in [2.24, 2.45) is 0 Å². The summed E-state index contributed by atoms with van der Waals surface area (Å²) in [7, 11) is 0. The minimum absolute atomic E-state index is 0.0469. The van der Waals surface area contributed by atoms with Crippen molar-refractivity contribution < 1.29 is 14.3 Å². The van der Waals surface area contributed by atoms with Crippen molar-refractivity contribution in [2.75, 3.05) is 18.5 Å². The van der Waals surface area contributed by atoms with Crippen molar-refractivity contribution in [1.82, 2.24) is 10.3 Å². The molecule has 1 aliphatic carbocycles. The highest BCUT2D eigenvalue weighted by Gasteiger charge is 2.10. The molecule has 126 valence electrons. The summed E-state index contributed by atoms with van der Waals surface area (Å²) in [5.74, 6) is -0.0469. The average Bonchev–Trinajstić information content (AvgIpc) is 2.95. The molecule has 2 amide bonds. The molecule has 0 saturated heterocycles. The lowest BCUT2D eigenvalue weighted by Gasteiger charge is -2.12. The first-order chi connectivity index (χ1) is 11.2. The molecule has 6 nitrogen and oxygen atoms in total. The van der Waals surface area contributed by atoms with Crippen LogP contribution in [0.5, 0.6) is 0 Å². The lowest BCUT2D eigenvalue weighted by molar-refractivity contribution is -0.120. The molecule has 0 unspecified atom stereocenters. The van der Waals surface area contributed by atoms with Gasteiger partial charge in [-0.05, 0) is 39.0 Å². The predicted octanol–water partition coefficient (Wildman–Crippen LogP) is 3.26. The molecule has 2 rings (SSSR count). The summed E-state index contributed by atoms with van der Waals surface area (Å²) in [6.07, 6.45) is 7.78. The monoisotopic (exact) mass is 337 g/mol. The number of ether oxygens (including phenoxy) is 1. The highest BCUT2D eigenvalue weighted by atomic mass is 32.1. The third kappa shape index (κ3) is 6.40. The van der Waals surface area contributed by atoms with Crippen molar-refractivity contribution >= 4 is 28.5 Å². The van der Waals surface area contributed by atoms with Crippen LogP contribution in [0, 0.1) is 0 Å². The van der Waals surface area contributed by atoms with Crippen LogP contribution in [-0.2, 0) is 16.0 Å². The fourth-order valence-corrected chi connectivity index (χ4v) is 3.12. The minimum Gasteiger partial charge on any atom is -0.450 e. The summed E-state index contributed by atoms with van der Waals surface area (Å²) >= 11 is 1.28. The highest BCUT2D eigenvalue weighted by molar-refractivity contribution is 7.13. The maximum absolute atomic E-state index is 11.9. The molecular formula is C16H23N3O3S. The van der Waals surface area contributed by atoms with Crippen molar-refractivity contribution in [2.45, 2.75) is 45.4 Å². The number of hydrogen-bond donors (Lipinski definition) is 2. The van der Waals surface area contributed by atoms with E-state index < -0.39 is 6.09 Å². The number of rotatable bonds is 7. The van der Waals surface area contributed by atoms with Gasteiger partial charge in [-0.1, -0.05) is 11.6 Å². The lowest BCUT2D eigenvalue weighted by Crippen LogP contribution is -2.26. The van der Waals surface area contributed by atoms with E-state index in [1.807, 2.05) is 0 Å². The van der Waals surface area contributed by atoms with Gasteiger partial charge in [-0.3, -0.25) is 10.1 Å². The molecule has 0 fully saturated rings. The Morgan fingerprint density at radius 1 is 1.39 bits per heavy atom. The van der Waals surface area contributed by atoms with Crippen molar-refractivity contribution in [3.63, 3.8) is 0 Å². The molecular weight excluding hydrogens is 314 g/mol. The van der Waals surface area contributed by atoms with E-state index in [-0.39, 0.29) is 12.3 Å². The Kier molecular flexibility index (Phi) is 7.06. The molecule has 0 saturated carbocycles. The number of carbonyl (C=O) groups is 2. The van der Waals surface area contributed by atoms with E-state index in [1.165, 1.54) is 36.2 Å². The minimum atomic E-state index is -0.529. The smallest absolute Gasteiger partial charge is 0.413 e. The zero-order valence-electron chi connectivity index (χ0n) is 13.4. The van der Waals surface area contributed by atoms with Gasteiger partial charge < -0.3 is 10.1 Å². The molecule has 0 radical (unpaired) electrons. The summed E-state index contributed by atoms with van der Waals surface area (Å²) in [4.78, 5) is 27.4. The Bertz CT molecular complexity index is 569. The highest BCUT2D eigenvalue weighted by Crippen LogP contribution is 2.19. The van der Waals surface area contributed by atoms with Gasteiger partial charge in [0.05, 0.1) is 18.7 Å². The Labute approximate surface area is 140 Å². The molecule has 1 aromatic heterocycles. The van der Waals surface area contributed by atoms with Gasteiger partial charge in [-0.15, -0.1) is 11.3 Å². The van der Waals surface area contributed by atoms with Crippen LogP contribution in [0.15, 0.2) is 17.0 Å². The number of allylic oxidation sites excluding steroid dienone is 1. The second-order valence-electron chi connectivity index (χ2n) is 5.37. The molecule has 7 heteroatoms. The third-order valence-corrected chi connectivity index (χ3v) is 4.34. The van der Waals surface area contributed by atoms with Gasteiger partial charge in [0.25, 0.3) is 0 Å². The van der Waals surface area contributed by atoms with Gasteiger partial charge in [0.2, 0.25) is 5.91 Å². The Morgan fingerprint density at radius 3 is 3.00 bits per heavy atom. The molecule has 0 aromatic carbocycles. The topological polar surface area (TPSA) is 80.3 Å². The quantitative estimate of drug-likeness (QED) is 0.748. The van der Waals surface area contributed by atoms with Crippen LogP contribution < -0.4 is 10.6 Å². The summed E-state index contributed by atoms with van der Waals surface area (Å²) in [6.45, 7) is 2.71. The van der Waals surface area contributed by atoms with Crippen LogP contribution in [0.2, 0.25) is 0 Å². The third-order valence-electron chi connectivity index (χ3n) is 3.53. The fraction of sp³-hybridized carbons (Fsp3) is 0.562. The Morgan fingerprint density at radius 2 is 2.26 bits per heavy atom.